The smallest absolute Gasteiger partial charge is 0.237 e. The van der Waals surface area contributed by atoms with Gasteiger partial charge in [0.05, 0.1) is 6.04 Å². The van der Waals surface area contributed by atoms with E-state index in [1.54, 1.807) is 0 Å². The Hall–Kier alpha value is -1.35. The molecule has 17 heavy (non-hydrogen) atoms. The fraction of sp³-hybridized carbons (Fsp3) is 0.500. The van der Waals surface area contributed by atoms with Crippen molar-refractivity contribution in [1.82, 2.24) is 10.6 Å². The normalized spacial score (nSPS) is 23.6. The fourth-order valence-corrected chi connectivity index (χ4v) is 2.27. The van der Waals surface area contributed by atoms with Crippen molar-refractivity contribution in [2.75, 3.05) is 13.1 Å². The highest BCUT2D eigenvalue weighted by Crippen LogP contribution is 2.14. The quantitative estimate of drug-likeness (QED) is 0.822. The molecule has 1 aromatic rings. The first kappa shape index (κ1) is 12.1. The van der Waals surface area contributed by atoms with E-state index in [9.17, 15) is 4.79 Å². The molecule has 1 aliphatic rings. The highest BCUT2D eigenvalue weighted by Gasteiger charge is 2.28. The molecule has 2 rings (SSSR count). The average molecular weight is 232 g/mol. The first-order chi connectivity index (χ1) is 8.27. The second kappa shape index (κ2) is 5.82. The van der Waals surface area contributed by atoms with E-state index in [4.69, 9.17) is 0 Å². The number of amides is 1. The minimum Gasteiger partial charge on any atom is -0.354 e. The van der Waals surface area contributed by atoms with Crippen molar-refractivity contribution in [3.05, 3.63) is 35.9 Å². The molecule has 0 saturated carbocycles. The van der Waals surface area contributed by atoms with Gasteiger partial charge in [0.1, 0.15) is 0 Å². The van der Waals surface area contributed by atoms with Crippen molar-refractivity contribution in [3.63, 3.8) is 0 Å². The third-order valence-electron chi connectivity index (χ3n) is 3.37. The van der Waals surface area contributed by atoms with Gasteiger partial charge in [0.15, 0.2) is 0 Å². The maximum absolute atomic E-state index is 11.9. The molecule has 0 spiro atoms. The van der Waals surface area contributed by atoms with Gasteiger partial charge >= 0.3 is 0 Å². The Kier molecular flexibility index (Phi) is 4.15. The van der Waals surface area contributed by atoms with Crippen molar-refractivity contribution in [2.45, 2.75) is 25.8 Å². The highest BCUT2D eigenvalue weighted by molar-refractivity contribution is 5.82. The van der Waals surface area contributed by atoms with Crippen LogP contribution in [0.2, 0.25) is 0 Å². The van der Waals surface area contributed by atoms with E-state index < -0.39 is 0 Å². The second-order valence-corrected chi connectivity index (χ2v) is 4.72. The van der Waals surface area contributed by atoms with Crippen LogP contribution in [0.4, 0.5) is 0 Å². The van der Waals surface area contributed by atoms with Gasteiger partial charge in [-0.25, -0.2) is 0 Å². The van der Waals surface area contributed by atoms with E-state index in [0.29, 0.717) is 12.5 Å². The maximum atomic E-state index is 11.9. The fourth-order valence-electron chi connectivity index (χ4n) is 2.27. The van der Waals surface area contributed by atoms with Gasteiger partial charge in [-0.1, -0.05) is 37.3 Å². The molecule has 2 atom stereocenters. The number of hydrogen-bond acceptors (Lipinski definition) is 2. The molecule has 3 nitrogen and oxygen atoms in total. The van der Waals surface area contributed by atoms with Crippen LogP contribution >= 0.6 is 0 Å². The summed E-state index contributed by atoms with van der Waals surface area (Å²) in [6.45, 7) is 3.80. The average Bonchev–Trinajstić information content (AvgIpc) is 2.77. The van der Waals surface area contributed by atoms with Gasteiger partial charge in [-0.2, -0.15) is 0 Å². The lowest BCUT2D eigenvalue weighted by atomic mass is 10.0. The first-order valence-electron chi connectivity index (χ1n) is 6.32. The number of nitrogens with one attached hydrogen (secondary N) is 2. The Labute approximate surface area is 103 Å². The number of hydrogen-bond donors (Lipinski definition) is 2. The van der Waals surface area contributed by atoms with E-state index in [0.717, 1.165) is 19.4 Å². The number of carbonyl (C=O) groups is 1. The first-order valence-corrected chi connectivity index (χ1v) is 6.32. The van der Waals surface area contributed by atoms with E-state index in [1.807, 2.05) is 18.2 Å². The van der Waals surface area contributed by atoms with Crippen molar-refractivity contribution in [1.29, 1.82) is 0 Å². The summed E-state index contributed by atoms with van der Waals surface area (Å²) in [6.07, 6.45) is 1.99. The summed E-state index contributed by atoms with van der Waals surface area (Å²) in [5, 5.41) is 6.24. The molecular weight excluding hydrogens is 212 g/mol. The lowest BCUT2D eigenvalue weighted by Gasteiger charge is -2.15. The Morgan fingerprint density at radius 3 is 2.82 bits per heavy atom. The Bertz CT molecular complexity index is 364. The predicted molar refractivity (Wildman–Crippen MR) is 68.7 cm³/mol. The standard InChI is InChI=1S/C14H20N2O/c1-11-7-9-15-13(11)14(17)16-10-8-12-5-3-2-4-6-12/h2-6,11,13,15H,7-10H2,1H3,(H,16,17). The predicted octanol–water partition coefficient (Wildman–Crippen LogP) is 1.34. The molecule has 1 aromatic carbocycles. The zero-order chi connectivity index (χ0) is 12.1. The lowest BCUT2D eigenvalue weighted by molar-refractivity contribution is -0.123. The molecular formula is C14H20N2O. The van der Waals surface area contributed by atoms with Crippen LogP contribution < -0.4 is 10.6 Å². The van der Waals surface area contributed by atoms with Crippen LogP contribution in [0.25, 0.3) is 0 Å². The molecule has 2 N–H and O–H groups in total. The van der Waals surface area contributed by atoms with E-state index in [1.165, 1.54) is 5.56 Å². The zero-order valence-corrected chi connectivity index (χ0v) is 10.3. The third-order valence-corrected chi connectivity index (χ3v) is 3.37. The van der Waals surface area contributed by atoms with Crippen molar-refractivity contribution < 1.29 is 4.79 Å². The number of benzene rings is 1. The zero-order valence-electron chi connectivity index (χ0n) is 10.3. The summed E-state index contributed by atoms with van der Waals surface area (Å²) in [5.41, 5.74) is 1.26. The Morgan fingerprint density at radius 1 is 1.41 bits per heavy atom. The minimum atomic E-state index is 0.00535. The van der Waals surface area contributed by atoms with Crippen LogP contribution in [0.1, 0.15) is 18.9 Å². The lowest BCUT2D eigenvalue weighted by Crippen LogP contribution is -2.43. The molecule has 1 fully saturated rings. The summed E-state index contributed by atoms with van der Waals surface area (Å²) in [5.74, 6) is 0.595. The van der Waals surface area contributed by atoms with Crippen molar-refractivity contribution in [3.8, 4) is 0 Å². The Balaban J connectivity index is 1.73. The molecule has 3 heteroatoms. The summed E-state index contributed by atoms with van der Waals surface area (Å²) >= 11 is 0. The molecule has 1 heterocycles. The summed E-state index contributed by atoms with van der Waals surface area (Å²) < 4.78 is 0. The van der Waals surface area contributed by atoms with Crippen LogP contribution in [0.5, 0.6) is 0 Å². The monoisotopic (exact) mass is 232 g/mol. The molecule has 2 unspecified atom stereocenters. The van der Waals surface area contributed by atoms with Gasteiger partial charge in [-0.05, 0) is 30.9 Å². The highest BCUT2D eigenvalue weighted by atomic mass is 16.2. The molecule has 0 bridgehead atoms. The van der Waals surface area contributed by atoms with Gasteiger partial charge in [-0.15, -0.1) is 0 Å². The minimum absolute atomic E-state index is 0.00535. The topological polar surface area (TPSA) is 41.1 Å². The molecule has 1 aliphatic heterocycles. The van der Waals surface area contributed by atoms with Gasteiger partial charge in [0.25, 0.3) is 0 Å². The van der Waals surface area contributed by atoms with E-state index in [2.05, 4.69) is 29.7 Å². The molecule has 0 aromatic heterocycles. The van der Waals surface area contributed by atoms with Gasteiger partial charge in [-0.3, -0.25) is 4.79 Å². The SMILES string of the molecule is CC1CCNC1C(=O)NCCc1ccccc1. The summed E-state index contributed by atoms with van der Waals surface area (Å²) in [6, 6.07) is 10.2. The number of rotatable bonds is 4. The van der Waals surface area contributed by atoms with Gasteiger partial charge < -0.3 is 10.6 Å². The molecule has 1 saturated heterocycles. The second-order valence-electron chi connectivity index (χ2n) is 4.72. The third kappa shape index (κ3) is 3.30. The summed E-state index contributed by atoms with van der Waals surface area (Å²) in [4.78, 5) is 11.9. The van der Waals surface area contributed by atoms with Crippen molar-refractivity contribution in [2.24, 2.45) is 5.92 Å². The summed E-state index contributed by atoms with van der Waals surface area (Å²) in [7, 11) is 0. The van der Waals surface area contributed by atoms with E-state index in [-0.39, 0.29) is 11.9 Å². The largest absolute Gasteiger partial charge is 0.354 e. The van der Waals surface area contributed by atoms with Crippen LogP contribution in [-0.2, 0) is 11.2 Å². The molecule has 92 valence electrons. The Morgan fingerprint density at radius 2 is 2.18 bits per heavy atom. The molecule has 0 radical (unpaired) electrons. The number of carbonyl (C=O) groups excluding carboxylic acids is 1. The van der Waals surface area contributed by atoms with Crippen LogP contribution in [0.3, 0.4) is 0 Å². The van der Waals surface area contributed by atoms with Crippen molar-refractivity contribution >= 4 is 5.91 Å². The molecule has 1 amide bonds. The maximum Gasteiger partial charge on any atom is 0.237 e. The molecule has 0 aliphatic carbocycles. The van der Waals surface area contributed by atoms with Gasteiger partial charge in [0, 0.05) is 6.54 Å². The van der Waals surface area contributed by atoms with Gasteiger partial charge in [0.2, 0.25) is 5.91 Å². The van der Waals surface area contributed by atoms with Crippen LogP contribution in [0, 0.1) is 5.92 Å². The van der Waals surface area contributed by atoms with Crippen LogP contribution in [-0.4, -0.2) is 25.0 Å². The van der Waals surface area contributed by atoms with Crippen LogP contribution in [0.15, 0.2) is 30.3 Å². The van der Waals surface area contributed by atoms with E-state index >= 15 is 0 Å².